The van der Waals surface area contributed by atoms with Crippen LogP contribution in [0, 0.1) is 0 Å². The number of alkyl halides is 3. The second-order valence-electron chi connectivity index (χ2n) is 5.53. The Balaban J connectivity index is 1.70. The molecule has 4 nitrogen and oxygen atoms in total. The number of ether oxygens (including phenoxy) is 1. The summed E-state index contributed by atoms with van der Waals surface area (Å²) in [4.78, 5) is 12.4. The van der Waals surface area contributed by atoms with E-state index in [2.05, 4.69) is 10.1 Å². The van der Waals surface area contributed by atoms with Crippen LogP contribution in [0.5, 0.6) is 5.75 Å². The molecule has 1 N–H and O–H groups in total. The fourth-order valence-electron chi connectivity index (χ4n) is 2.57. The summed E-state index contributed by atoms with van der Waals surface area (Å²) in [5.74, 6) is -0.686. The smallest absolute Gasteiger partial charge is 0.406 e. The molecule has 0 spiro atoms. The topological polar surface area (TPSA) is 43.3 Å². The van der Waals surface area contributed by atoms with E-state index in [0.29, 0.717) is 0 Å². The van der Waals surface area contributed by atoms with Crippen LogP contribution in [0.1, 0.15) is 18.0 Å². The third-order valence-electron chi connectivity index (χ3n) is 3.65. The molecule has 0 aliphatic carbocycles. The molecule has 26 heavy (non-hydrogen) atoms. The zero-order valence-electron chi connectivity index (χ0n) is 13.4. The second-order valence-corrected chi connectivity index (χ2v) is 6.31. The molecule has 0 aliphatic heterocycles. The van der Waals surface area contributed by atoms with Crippen LogP contribution >= 0.6 is 11.3 Å². The molecule has 0 radical (unpaired) electrons. The minimum Gasteiger partial charge on any atom is -0.406 e. The van der Waals surface area contributed by atoms with Crippen LogP contribution in [0.4, 0.5) is 18.9 Å². The predicted octanol–water partition coefficient (Wildman–Crippen LogP) is 5.07. The molecule has 3 rings (SSSR count). The number of carbonyl (C=O) groups is 1. The number of rotatable bonds is 6. The van der Waals surface area contributed by atoms with Crippen molar-refractivity contribution in [2.75, 3.05) is 5.32 Å². The Labute approximate surface area is 151 Å². The molecule has 1 aromatic carbocycles. The first-order chi connectivity index (χ1) is 12.4. The number of hydrogen-bond acceptors (Lipinski definition) is 3. The molecule has 136 valence electrons. The Morgan fingerprint density at radius 2 is 1.96 bits per heavy atom. The number of amides is 1. The van der Waals surface area contributed by atoms with Gasteiger partial charge in [0.05, 0.1) is 12.5 Å². The summed E-state index contributed by atoms with van der Waals surface area (Å²) in [6, 6.07) is 10.7. The summed E-state index contributed by atoms with van der Waals surface area (Å²) in [6.45, 7) is 0. The number of hydrogen-bond donors (Lipinski definition) is 1. The first-order valence-electron chi connectivity index (χ1n) is 7.71. The van der Waals surface area contributed by atoms with Crippen molar-refractivity contribution >= 4 is 22.9 Å². The van der Waals surface area contributed by atoms with Crippen molar-refractivity contribution in [3.05, 3.63) is 71.2 Å². The van der Waals surface area contributed by atoms with Gasteiger partial charge < -0.3 is 14.6 Å². The van der Waals surface area contributed by atoms with Crippen molar-refractivity contribution in [2.24, 2.45) is 0 Å². The van der Waals surface area contributed by atoms with E-state index >= 15 is 0 Å². The van der Waals surface area contributed by atoms with Gasteiger partial charge in [-0.15, -0.1) is 13.2 Å². The Hall–Kier alpha value is -2.74. The fourth-order valence-corrected chi connectivity index (χ4v) is 3.28. The number of aromatic nitrogens is 1. The number of thiophene rings is 1. The van der Waals surface area contributed by atoms with Gasteiger partial charge >= 0.3 is 6.36 Å². The molecule has 3 aromatic rings. The van der Waals surface area contributed by atoms with Crippen LogP contribution in [0.25, 0.3) is 0 Å². The molecule has 0 saturated carbocycles. The van der Waals surface area contributed by atoms with Gasteiger partial charge in [-0.25, -0.2) is 0 Å². The van der Waals surface area contributed by atoms with Gasteiger partial charge in [-0.05, 0) is 46.7 Å². The minimum atomic E-state index is -4.78. The van der Waals surface area contributed by atoms with Crippen LogP contribution in [0.2, 0.25) is 0 Å². The number of carbonyl (C=O) groups excluding carboxylic acids is 1. The normalized spacial score (nSPS) is 12.6. The zero-order chi connectivity index (χ0) is 18.6. The van der Waals surface area contributed by atoms with E-state index in [4.69, 9.17) is 0 Å². The first kappa shape index (κ1) is 18.1. The van der Waals surface area contributed by atoms with Crippen LogP contribution in [-0.4, -0.2) is 16.8 Å². The molecule has 0 bridgehead atoms. The lowest BCUT2D eigenvalue weighted by Gasteiger charge is -2.18. The monoisotopic (exact) mass is 380 g/mol. The van der Waals surface area contributed by atoms with Crippen LogP contribution < -0.4 is 10.1 Å². The standard InChI is InChI=1S/C18H15F3N2O2S/c19-18(20,21)25-15-5-3-4-14(10-15)22-17(24)11-16(13-6-9-26-12-13)23-7-1-2-8-23/h1-10,12,16H,11H2,(H,22,24). The van der Waals surface area contributed by atoms with Crippen molar-refractivity contribution < 1.29 is 22.7 Å². The quantitative estimate of drug-likeness (QED) is 0.649. The SMILES string of the molecule is O=C(CC(c1ccsc1)n1cccc1)Nc1cccc(OC(F)(F)F)c1. The van der Waals surface area contributed by atoms with Gasteiger partial charge in [0.2, 0.25) is 5.91 Å². The van der Waals surface area contributed by atoms with Gasteiger partial charge in [-0.3, -0.25) is 4.79 Å². The molecular weight excluding hydrogens is 365 g/mol. The van der Waals surface area contributed by atoms with Gasteiger partial charge in [0, 0.05) is 24.1 Å². The van der Waals surface area contributed by atoms with Gasteiger partial charge in [0.15, 0.2) is 0 Å². The van der Waals surface area contributed by atoms with Crippen molar-refractivity contribution in [1.29, 1.82) is 0 Å². The molecule has 0 saturated heterocycles. The van der Waals surface area contributed by atoms with E-state index in [9.17, 15) is 18.0 Å². The van der Waals surface area contributed by atoms with Crippen LogP contribution in [0.15, 0.2) is 65.6 Å². The number of anilines is 1. The summed E-state index contributed by atoms with van der Waals surface area (Å²) >= 11 is 1.54. The molecule has 0 aliphatic rings. The fraction of sp³-hybridized carbons (Fsp3) is 0.167. The van der Waals surface area contributed by atoms with Gasteiger partial charge in [0.1, 0.15) is 5.75 Å². The molecule has 2 aromatic heterocycles. The average Bonchev–Trinajstić information content (AvgIpc) is 3.25. The summed E-state index contributed by atoms with van der Waals surface area (Å²) in [6.07, 6.45) is -0.891. The maximum absolute atomic E-state index is 12.4. The summed E-state index contributed by atoms with van der Waals surface area (Å²) in [5.41, 5.74) is 1.24. The molecule has 8 heteroatoms. The molecular formula is C18H15F3N2O2S. The van der Waals surface area contributed by atoms with Crippen LogP contribution in [0.3, 0.4) is 0 Å². The highest BCUT2D eigenvalue weighted by Crippen LogP contribution is 2.27. The number of nitrogens with one attached hydrogen (secondary N) is 1. The second kappa shape index (κ2) is 7.65. The number of halogens is 3. The Bertz CT molecular complexity index is 811. The van der Waals surface area contributed by atoms with Crippen molar-refractivity contribution in [2.45, 2.75) is 18.8 Å². The highest BCUT2D eigenvalue weighted by molar-refractivity contribution is 7.08. The van der Waals surface area contributed by atoms with Gasteiger partial charge in [-0.2, -0.15) is 11.3 Å². The molecule has 1 unspecified atom stereocenters. The van der Waals surface area contributed by atoms with Crippen LogP contribution in [-0.2, 0) is 4.79 Å². The third-order valence-corrected chi connectivity index (χ3v) is 4.35. The first-order valence-corrected chi connectivity index (χ1v) is 8.65. The lowest BCUT2D eigenvalue weighted by Crippen LogP contribution is -2.20. The maximum Gasteiger partial charge on any atom is 0.573 e. The lowest BCUT2D eigenvalue weighted by molar-refractivity contribution is -0.274. The Morgan fingerprint density at radius 1 is 1.19 bits per heavy atom. The summed E-state index contributed by atoms with van der Waals surface area (Å²) in [5, 5.41) is 6.53. The van der Waals surface area contributed by atoms with E-state index in [-0.39, 0.29) is 29.8 Å². The van der Waals surface area contributed by atoms with Crippen molar-refractivity contribution in [3.8, 4) is 5.75 Å². The van der Waals surface area contributed by atoms with E-state index < -0.39 is 6.36 Å². The highest BCUT2D eigenvalue weighted by Gasteiger charge is 2.31. The van der Waals surface area contributed by atoms with E-state index in [1.54, 1.807) is 0 Å². The van der Waals surface area contributed by atoms with Gasteiger partial charge in [-0.1, -0.05) is 6.07 Å². The summed E-state index contributed by atoms with van der Waals surface area (Å²) in [7, 11) is 0. The minimum absolute atomic E-state index is 0.149. The number of nitrogens with zero attached hydrogens (tertiary/aromatic N) is 1. The maximum atomic E-state index is 12.4. The predicted molar refractivity (Wildman–Crippen MR) is 93.3 cm³/mol. The highest BCUT2D eigenvalue weighted by atomic mass is 32.1. The van der Waals surface area contributed by atoms with E-state index in [1.807, 2.05) is 45.9 Å². The lowest BCUT2D eigenvalue weighted by atomic mass is 10.1. The molecule has 2 heterocycles. The van der Waals surface area contributed by atoms with E-state index in [1.165, 1.54) is 29.5 Å². The number of benzene rings is 1. The molecule has 0 fully saturated rings. The molecule has 1 atom stereocenters. The summed E-state index contributed by atoms with van der Waals surface area (Å²) < 4.78 is 42.7. The van der Waals surface area contributed by atoms with Gasteiger partial charge in [0.25, 0.3) is 0 Å². The molecule has 1 amide bonds. The van der Waals surface area contributed by atoms with Crippen molar-refractivity contribution in [1.82, 2.24) is 4.57 Å². The zero-order valence-corrected chi connectivity index (χ0v) is 14.3. The van der Waals surface area contributed by atoms with Crippen molar-refractivity contribution in [3.63, 3.8) is 0 Å². The third kappa shape index (κ3) is 4.89. The average molecular weight is 380 g/mol. The van der Waals surface area contributed by atoms with E-state index in [0.717, 1.165) is 11.6 Å². The Kier molecular flexibility index (Phi) is 5.32. The largest absolute Gasteiger partial charge is 0.573 e. The Morgan fingerprint density at radius 3 is 2.62 bits per heavy atom.